The summed E-state index contributed by atoms with van der Waals surface area (Å²) in [5, 5.41) is 43.4. The maximum absolute atomic E-state index is 12.9. The lowest BCUT2D eigenvalue weighted by Gasteiger charge is -2.42. The fourth-order valence-corrected chi connectivity index (χ4v) is 6.07. The molecule has 1 aliphatic heterocycles. The van der Waals surface area contributed by atoms with Crippen LogP contribution in [0.15, 0.2) is 64.6 Å². The number of carbonyl (C=O) groups excluding carboxylic acids is 3. The van der Waals surface area contributed by atoms with E-state index in [1.54, 1.807) is 13.0 Å². The number of phenolic OH excluding ortho intramolecular Hbond substituents is 1. The van der Waals surface area contributed by atoms with Crippen LogP contribution in [0.5, 0.6) is 5.75 Å². The number of phenols is 1. The molecule has 0 unspecified atom stereocenters. The molecule has 1 aliphatic carbocycles. The van der Waals surface area contributed by atoms with Crippen molar-refractivity contribution >= 4 is 29.2 Å². The van der Waals surface area contributed by atoms with Crippen molar-refractivity contribution in [1.29, 1.82) is 0 Å². The molecule has 10 heteroatoms. The molecule has 5 atom stereocenters. The number of thioether (sulfide) groups is 1. The number of unbranched alkanes of at least 4 members (excludes halogenated alkanes) is 2. The van der Waals surface area contributed by atoms with Crippen molar-refractivity contribution in [2.45, 2.75) is 73.7 Å². The molecule has 0 bridgehead atoms. The quantitative estimate of drug-likeness (QED) is 0.279. The van der Waals surface area contributed by atoms with E-state index in [4.69, 9.17) is 4.74 Å². The summed E-state index contributed by atoms with van der Waals surface area (Å²) < 4.78 is 5.82. The second-order valence-corrected chi connectivity index (χ2v) is 10.9. The Labute approximate surface area is 230 Å². The van der Waals surface area contributed by atoms with E-state index in [-0.39, 0.29) is 40.8 Å². The Morgan fingerprint density at radius 1 is 0.974 bits per heavy atom. The van der Waals surface area contributed by atoms with Gasteiger partial charge in [0.05, 0.1) is 18.2 Å². The Bertz CT molecular complexity index is 1250. The number of ketones is 2. The van der Waals surface area contributed by atoms with Crippen molar-refractivity contribution < 1.29 is 39.5 Å². The Hall–Kier alpha value is -3.02. The number of carbonyl (C=O) groups is 3. The summed E-state index contributed by atoms with van der Waals surface area (Å²) in [4.78, 5) is 39.2. The maximum Gasteiger partial charge on any atom is 0.220 e. The molecule has 1 amide bonds. The van der Waals surface area contributed by atoms with E-state index in [1.165, 1.54) is 23.9 Å². The largest absolute Gasteiger partial charge is 0.507 e. The highest BCUT2D eigenvalue weighted by Crippen LogP contribution is 2.35. The molecule has 0 saturated carbocycles. The number of aliphatic hydroxyl groups excluding tert-OH is 3. The molecule has 1 heterocycles. The highest BCUT2D eigenvalue weighted by molar-refractivity contribution is 7.99. The molecule has 2 aliphatic rings. The van der Waals surface area contributed by atoms with Gasteiger partial charge >= 0.3 is 0 Å². The number of aromatic hydroxyl groups is 1. The van der Waals surface area contributed by atoms with Crippen molar-refractivity contribution in [3.63, 3.8) is 0 Å². The summed E-state index contributed by atoms with van der Waals surface area (Å²) in [6, 6.07) is 12.9. The monoisotopic (exact) mass is 555 g/mol. The van der Waals surface area contributed by atoms with Gasteiger partial charge in [-0.25, -0.2) is 0 Å². The minimum Gasteiger partial charge on any atom is -0.507 e. The lowest BCUT2D eigenvalue weighted by molar-refractivity contribution is -0.173. The van der Waals surface area contributed by atoms with Gasteiger partial charge in [-0.15, -0.1) is 0 Å². The molecule has 5 N–H and O–H groups in total. The third-order valence-corrected chi connectivity index (χ3v) is 8.30. The third-order valence-electron chi connectivity index (χ3n) is 7.12. The summed E-state index contributed by atoms with van der Waals surface area (Å²) in [6.45, 7) is 1.12. The van der Waals surface area contributed by atoms with E-state index in [0.29, 0.717) is 36.8 Å². The fraction of sp³-hybridized carbons (Fsp3) is 0.414. The zero-order valence-corrected chi connectivity index (χ0v) is 22.4. The number of Topliss-reactive ketones (excluding diaryl/α,β-unsaturated/α-hetero) is 2. The topological polar surface area (TPSA) is 153 Å². The van der Waals surface area contributed by atoms with E-state index in [2.05, 4.69) is 5.32 Å². The van der Waals surface area contributed by atoms with Gasteiger partial charge in [0.15, 0.2) is 11.6 Å². The van der Waals surface area contributed by atoms with E-state index < -0.39 is 36.4 Å². The van der Waals surface area contributed by atoms with Gasteiger partial charge in [-0.1, -0.05) is 48.5 Å². The van der Waals surface area contributed by atoms with Gasteiger partial charge < -0.3 is 30.5 Å². The summed E-state index contributed by atoms with van der Waals surface area (Å²) in [5.74, 6) is -1.13. The number of amides is 1. The molecule has 39 heavy (non-hydrogen) atoms. The van der Waals surface area contributed by atoms with Crippen molar-refractivity contribution in [1.82, 2.24) is 5.32 Å². The zero-order valence-electron chi connectivity index (χ0n) is 21.6. The van der Waals surface area contributed by atoms with Gasteiger partial charge in [-0.2, -0.15) is 0 Å². The molecule has 1 saturated heterocycles. The Morgan fingerprint density at radius 3 is 2.44 bits per heavy atom. The lowest BCUT2D eigenvalue weighted by Crippen LogP contribution is -2.63. The fourth-order valence-electron chi connectivity index (χ4n) is 4.92. The first-order chi connectivity index (χ1) is 18.7. The van der Waals surface area contributed by atoms with Crippen LogP contribution in [0.25, 0.3) is 0 Å². The Kier molecular flexibility index (Phi) is 9.58. The number of benzene rings is 2. The van der Waals surface area contributed by atoms with E-state index in [1.807, 2.05) is 30.3 Å². The molecule has 208 valence electrons. The number of rotatable bonds is 10. The summed E-state index contributed by atoms with van der Waals surface area (Å²) in [7, 11) is 0. The standard InChI is InChI=1S/C29H33NO8S/c1-16-18(26(35)19-12-8-13-20(32)23(19)25(16)34)11-6-3-7-14-22(33)30-24-28(37)27(36)21(15-31)38-29(24)39-17-9-4-2-5-10-17/h2,4-5,8-10,12-13,21,24,27-29,31-32,36-37H,3,6-7,11,14-15H2,1H3,(H,30,33)/t21-,24-,27-,28-,29-/m1/s1. The molecule has 2 aromatic carbocycles. The van der Waals surface area contributed by atoms with Crippen LogP contribution >= 0.6 is 11.8 Å². The first-order valence-electron chi connectivity index (χ1n) is 13.0. The number of aliphatic hydroxyl groups is 3. The summed E-state index contributed by atoms with van der Waals surface area (Å²) in [5.41, 5.74) is 0.298. The van der Waals surface area contributed by atoms with Crippen LogP contribution in [-0.2, 0) is 9.53 Å². The average Bonchev–Trinajstić information content (AvgIpc) is 2.93. The molecule has 0 spiro atoms. The van der Waals surface area contributed by atoms with Crippen LogP contribution < -0.4 is 5.32 Å². The summed E-state index contributed by atoms with van der Waals surface area (Å²) in [6.07, 6.45) is -1.39. The average molecular weight is 556 g/mol. The van der Waals surface area contributed by atoms with Gasteiger partial charge in [0.1, 0.15) is 29.5 Å². The molecule has 2 aromatic rings. The second-order valence-electron chi connectivity index (χ2n) is 9.75. The van der Waals surface area contributed by atoms with Gasteiger partial charge in [0, 0.05) is 28.0 Å². The zero-order chi connectivity index (χ0) is 28.1. The molecule has 1 fully saturated rings. The molecule has 4 rings (SSSR count). The first kappa shape index (κ1) is 29.0. The SMILES string of the molecule is CC1=C(CCCCCC(=O)N[C@@H]2[C@@H](O)[C@H](O)[C@@H](CO)O[C@@H]2Sc2ccccc2)C(=O)c2cccc(O)c2C1=O. The van der Waals surface area contributed by atoms with E-state index >= 15 is 0 Å². The Balaban J connectivity index is 1.30. The van der Waals surface area contributed by atoms with Crippen molar-refractivity contribution in [2.75, 3.05) is 6.61 Å². The highest BCUT2D eigenvalue weighted by Gasteiger charge is 2.45. The lowest BCUT2D eigenvalue weighted by atomic mass is 9.82. The summed E-state index contributed by atoms with van der Waals surface area (Å²) >= 11 is 1.28. The molecule has 9 nitrogen and oxygen atoms in total. The van der Waals surface area contributed by atoms with Crippen molar-refractivity contribution in [3.8, 4) is 5.75 Å². The van der Waals surface area contributed by atoms with Gasteiger partial charge in [0.2, 0.25) is 5.91 Å². The number of ether oxygens (including phenoxy) is 1. The molecular weight excluding hydrogens is 522 g/mol. The van der Waals surface area contributed by atoms with Crippen LogP contribution in [0.1, 0.15) is 59.7 Å². The van der Waals surface area contributed by atoms with E-state index in [0.717, 1.165) is 4.90 Å². The Morgan fingerprint density at radius 2 is 1.72 bits per heavy atom. The molecule has 0 radical (unpaired) electrons. The number of allylic oxidation sites excluding steroid dienone is 2. The third kappa shape index (κ3) is 6.42. The normalized spacial score (nSPS) is 25.0. The van der Waals surface area contributed by atoms with Gasteiger partial charge in [0.25, 0.3) is 0 Å². The smallest absolute Gasteiger partial charge is 0.220 e. The van der Waals surface area contributed by atoms with Gasteiger partial charge in [-0.05, 0) is 44.4 Å². The number of hydrogen-bond acceptors (Lipinski definition) is 9. The minimum absolute atomic E-state index is 0.0495. The predicted molar refractivity (Wildman–Crippen MR) is 145 cm³/mol. The van der Waals surface area contributed by atoms with Crippen LogP contribution in [-0.4, -0.2) is 74.3 Å². The molecule has 0 aromatic heterocycles. The predicted octanol–water partition coefficient (Wildman–Crippen LogP) is 2.75. The second kappa shape index (κ2) is 12.9. The number of fused-ring (bicyclic) bond motifs is 1. The highest BCUT2D eigenvalue weighted by atomic mass is 32.2. The first-order valence-corrected chi connectivity index (χ1v) is 13.9. The number of nitrogens with one attached hydrogen (secondary N) is 1. The van der Waals surface area contributed by atoms with Crippen molar-refractivity contribution in [3.05, 3.63) is 70.8 Å². The van der Waals surface area contributed by atoms with Gasteiger partial charge in [-0.3, -0.25) is 14.4 Å². The maximum atomic E-state index is 12.9. The van der Waals surface area contributed by atoms with Crippen LogP contribution in [0, 0.1) is 0 Å². The number of hydrogen-bond donors (Lipinski definition) is 5. The van der Waals surface area contributed by atoms with Crippen LogP contribution in [0.4, 0.5) is 0 Å². The van der Waals surface area contributed by atoms with E-state index in [9.17, 15) is 34.8 Å². The van der Waals surface area contributed by atoms with Crippen LogP contribution in [0.2, 0.25) is 0 Å². The van der Waals surface area contributed by atoms with Crippen molar-refractivity contribution in [2.24, 2.45) is 0 Å². The molecular formula is C29H33NO8S. The van der Waals surface area contributed by atoms with Crippen LogP contribution in [0.3, 0.4) is 0 Å². The minimum atomic E-state index is -1.35.